The molecule has 0 saturated heterocycles. The maximum atomic E-state index is 11.0. The van der Waals surface area contributed by atoms with E-state index < -0.39 is 17.9 Å². The summed E-state index contributed by atoms with van der Waals surface area (Å²) in [5, 5.41) is 8.34. The van der Waals surface area contributed by atoms with Crippen molar-refractivity contribution in [2.45, 2.75) is 32.6 Å². The molecule has 0 radical (unpaired) electrons. The molecule has 0 saturated carbocycles. The first-order chi connectivity index (χ1) is 7.52. The second-order valence-corrected chi connectivity index (χ2v) is 3.16. The summed E-state index contributed by atoms with van der Waals surface area (Å²) in [5.41, 5.74) is 0. The quantitative estimate of drug-likeness (QED) is 0.490. The zero-order valence-corrected chi connectivity index (χ0v) is 9.23. The highest BCUT2D eigenvalue weighted by molar-refractivity contribution is 5.70. The van der Waals surface area contributed by atoms with E-state index in [1.54, 1.807) is 0 Å². The lowest BCUT2D eigenvalue weighted by atomic mass is 10.2. The summed E-state index contributed by atoms with van der Waals surface area (Å²) in [4.78, 5) is 31.5. The van der Waals surface area contributed by atoms with Gasteiger partial charge in [-0.25, -0.2) is 0 Å². The summed E-state index contributed by atoms with van der Waals surface area (Å²) >= 11 is 0. The molecule has 6 heteroatoms. The molecule has 0 aromatic heterocycles. The van der Waals surface area contributed by atoms with Gasteiger partial charge < -0.3 is 14.6 Å². The molecular weight excluding hydrogens is 216 g/mol. The third-order valence-electron chi connectivity index (χ3n) is 1.67. The SMILES string of the molecule is CC(=O)OCCOC(=O)CCCCC(=O)O. The maximum Gasteiger partial charge on any atom is 0.305 e. The van der Waals surface area contributed by atoms with Gasteiger partial charge in [0.05, 0.1) is 0 Å². The molecule has 0 fully saturated rings. The van der Waals surface area contributed by atoms with Crippen LogP contribution in [0.1, 0.15) is 32.6 Å². The van der Waals surface area contributed by atoms with E-state index in [9.17, 15) is 14.4 Å². The molecule has 0 rings (SSSR count). The van der Waals surface area contributed by atoms with Crippen LogP contribution in [0.4, 0.5) is 0 Å². The fraction of sp³-hybridized carbons (Fsp3) is 0.700. The lowest BCUT2D eigenvalue weighted by molar-refractivity contribution is -0.151. The number of ether oxygens (including phenoxy) is 2. The van der Waals surface area contributed by atoms with Gasteiger partial charge in [0.2, 0.25) is 0 Å². The van der Waals surface area contributed by atoms with E-state index in [0.717, 1.165) is 0 Å². The molecule has 0 amide bonds. The van der Waals surface area contributed by atoms with E-state index in [-0.39, 0.29) is 26.1 Å². The molecule has 0 aliphatic carbocycles. The van der Waals surface area contributed by atoms with Crippen LogP contribution in [0, 0.1) is 0 Å². The summed E-state index contributed by atoms with van der Waals surface area (Å²) in [7, 11) is 0. The van der Waals surface area contributed by atoms with E-state index in [2.05, 4.69) is 4.74 Å². The van der Waals surface area contributed by atoms with Crippen molar-refractivity contribution in [3.63, 3.8) is 0 Å². The number of aliphatic carboxylic acids is 1. The van der Waals surface area contributed by atoms with Gasteiger partial charge >= 0.3 is 17.9 Å². The lowest BCUT2D eigenvalue weighted by Crippen LogP contribution is -2.12. The maximum absolute atomic E-state index is 11.0. The number of rotatable bonds is 8. The monoisotopic (exact) mass is 232 g/mol. The minimum atomic E-state index is -0.872. The predicted molar refractivity (Wildman–Crippen MR) is 53.7 cm³/mol. The molecule has 0 aromatic carbocycles. The Morgan fingerprint density at radius 3 is 2.12 bits per heavy atom. The van der Waals surface area contributed by atoms with Gasteiger partial charge in [-0.2, -0.15) is 0 Å². The molecule has 0 spiro atoms. The number of hydrogen-bond acceptors (Lipinski definition) is 5. The Kier molecular flexibility index (Phi) is 7.83. The molecule has 92 valence electrons. The van der Waals surface area contributed by atoms with Crippen molar-refractivity contribution in [3.05, 3.63) is 0 Å². The highest BCUT2D eigenvalue weighted by atomic mass is 16.6. The molecule has 6 nitrogen and oxygen atoms in total. The highest BCUT2D eigenvalue weighted by Gasteiger charge is 2.04. The Labute approximate surface area is 93.5 Å². The molecule has 0 bridgehead atoms. The van der Waals surface area contributed by atoms with Gasteiger partial charge in [0.15, 0.2) is 0 Å². The van der Waals surface area contributed by atoms with E-state index in [4.69, 9.17) is 9.84 Å². The Hall–Kier alpha value is -1.59. The van der Waals surface area contributed by atoms with Gasteiger partial charge in [0.25, 0.3) is 0 Å². The smallest absolute Gasteiger partial charge is 0.305 e. The average molecular weight is 232 g/mol. The lowest BCUT2D eigenvalue weighted by Gasteiger charge is -2.04. The first kappa shape index (κ1) is 14.4. The first-order valence-corrected chi connectivity index (χ1v) is 5.03. The molecule has 0 heterocycles. The van der Waals surface area contributed by atoms with Crippen molar-refractivity contribution in [3.8, 4) is 0 Å². The van der Waals surface area contributed by atoms with Crippen LogP contribution in [-0.2, 0) is 23.9 Å². The van der Waals surface area contributed by atoms with Crippen LogP contribution in [0.2, 0.25) is 0 Å². The van der Waals surface area contributed by atoms with Gasteiger partial charge in [-0.1, -0.05) is 0 Å². The van der Waals surface area contributed by atoms with Gasteiger partial charge in [0.1, 0.15) is 13.2 Å². The van der Waals surface area contributed by atoms with E-state index in [1.165, 1.54) is 6.92 Å². The van der Waals surface area contributed by atoms with E-state index in [0.29, 0.717) is 12.8 Å². The summed E-state index contributed by atoms with van der Waals surface area (Å²) in [6, 6.07) is 0. The van der Waals surface area contributed by atoms with Gasteiger partial charge in [0, 0.05) is 19.8 Å². The molecule has 0 unspecified atom stereocenters. The van der Waals surface area contributed by atoms with Crippen LogP contribution in [0.15, 0.2) is 0 Å². The molecule has 16 heavy (non-hydrogen) atoms. The second kappa shape index (κ2) is 8.70. The number of unbranched alkanes of at least 4 members (excludes halogenated alkanes) is 1. The minimum absolute atomic E-state index is 0.0390. The molecule has 0 atom stereocenters. The number of carboxylic acids is 1. The Morgan fingerprint density at radius 1 is 1.00 bits per heavy atom. The largest absolute Gasteiger partial charge is 0.481 e. The minimum Gasteiger partial charge on any atom is -0.481 e. The Bertz CT molecular complexity index is 224. The summed E-state index contributed by atoms with van der Waals surface area (Å²) in [6.45, 7) is 1.36. The van der Waals surface area contributed by atoms with Crippen LogP contribution >= 0.6 is 0 Å². The predicted octanol–water partition coefficient (Wildman–Crippen LogP) is 0.738. The topological polar surface area (TPSA) is 89.9 Å². The second-order valence-electron chi connectivity index (χ2n) is 3.16. The van der Waals surface area contributed by atoms with Crippen molar-refractivity contribution in [2.75, 3.05) is 13.2 Å². The number of carboxylic acid groups (broad SMARTS) is 1. The van der Waals surface area contributed by atoms with Crippen molar-refractivity contribution < 1.29 is 29.0 Å². The van der Waals surface area contributed by atoms with Crippen molar-refractivity contribution >= 4 is 17.9 Å². The van der Waals surface area contributed by atoms with Crippen LogP contribution < -0.4 is 0 Å². The molecule has 0 aromatic rings. The normalized spacial score (nSPS) is 9.56. The van der Waals surface area contributed by atoms with E-state index in [1.807, 2.05) is 0 Å². The van der Waals surface area contributed by atoms with Gasteiger partial charge in [-0.3, -0.25) is 14.4 Å². The summed E-state index contributed by atoms with van der Waals surface area (Å²) in [6.07, 6.45) is 1.18. The summed E-state index contributed by atoms with van der Waals surface area (Å²) in [5.74, 6) is -1.70. The number of esters is 2. The van der Waals surface area contributed by atoms with Crippen molar-refractivity contribution in [1.29, 1.82) is 0 Å². The molecular formula is C10H16O6. The number of hydrogen-bond donors (Lipinski definition) is 1. The van der Waals surface area contributed by atoms with Crippen molar-refractivity contribution in [2.24, 2.45) is 0 Å². The molecule has 0 aliphatic rings. The third-order valence-corrected chi connectivity index (χ3v) is 1.67. The Morgan fingerprint density at radius 2 is 1.56 bits per heavy atom. The van der Waals surface area contributed by atoms with Gasteiger partial charge in [-0.15, -0.1) is 0 Å². The number of carbonyl (C=O) groups excluding carboxylic acids is 2. The molecule has 0 aliphatic heterocycles. The van der Waals surface area contributed by atoms with Crippen molar-refractivity contribution in [1.82, 2.24) is 0 Å². The van der Waals surface area contributed by atoms with Crippen LogP contribution in [-0.4, -0.2) is 36.2 Å². The number of carbonyl (C=O) groups is 3. The Balaban J connectivity index is 3.31. The van der Waals surface area contributed by atoms with E-state index >= 15 is 0 Å². The first-order valence-electron chi connectivity index (χ1n) is 5.03. The summed E-state index contributed by atoms with van der Waals surface area (Å²) < 4.78 is 9.29. The fourth-order valence-corrected chi connectivity index (χ4v) is 0.959. The molecule has 1 N–H and O–H groups in total. The highest BCUT2D eigenvalue weighted by Crippen LogP contribution is 2.01. The standard InChI is InChI=1S/C10H16O6/c1-8(11)15-6-7-16-10(14)5-3-2-4-9(12)13/h2-7H2,1H3,(H,12,13). The fourth-order valence-electron chi connectivity index (χ4n) is 0.959. The zero-order valence-electron chi connectivity index (χ0n) is 9.23. The zero-order chi connectivity index (χ0) is 12.4. The van der Waals surface area contributed by atoms with Gasteiger partial charge in [-0.05, 0) is 12.8 Å². The third kappa shape index (κ3) is 10.5. The van der Waals surface area contributed by atoms with Crippen LogP contribution in [0.3, 0.4) is 0 Å². The average Bonchev–Trinajstić information content (AvgIpc) is 2.19. The van der Waals surface area contributed by atoms with Crippen LogP contribution in [0.5, 0.6) is 0 Å². The van der Waals surface area contributed by atoms with Crippen LogP contribution in [0.25, 0.3) is 0 Å².